The maximum Gasteiger partial charge on any atom is 0.268 e. The minimum Gasteiger partial charge on any atom is -0.349 e. The molecule has 1 heterocycles. The molecule has 100 valence electrons. The third-order valence-corrected chi connectivity index (χ3v) is 3.94. The molecule has 0 saturated heterocycles. The van der Waals surface area contributed by atoms with Gasteiger partial charge in [0.15, 0.2) is 0 Å². The Hall–Kier alpha value is -0.810. The van der Waals surface area contributed by atoms with Gasteiger partial charge in [-0.15, -0.1) is 0 Å². The van der Waals surface area contributed by atoms with Crippen LogP contribution in [-0.2, 0) is 6.54 Å². The molecule has 1 amide bonds. The first kappa shape index (κ1) is 13.6. The zero-order valence-electron chi connectivity index (χ0n) is 10.7. The number of aryl methyl sites for hydroxylation is 1. The number of amides is 1. The first-order valence-corrected chi connectivity index (χ1v) is 7.26. The van der Waals surface area contributed by atoms with Gasteiger partial charge in [-0.2, -0.15) is 0 Å². The van der Waals surface area contributed by atoms with E-state index in [1.165, 1.54) is 6.42 Å². The molecule has 1 fully saturated rings. The summed E-state index contributed by atoms with van der Waals surface area (Å²) in [6.07, 6.45) is 6.13. The monoisotopic (exact) mass is 313 g/mol. The molecule has 3 N–H and O–H groups in total. The summed E-state index contributed by atoms with van der Waals surface area (Å²) >= 11 is 3.41. The van der Waals surface area contributed by atoms with Crippen molar-refractivity contribution in [2.75, 3.05) is 6.54 Å². The number of hydrogen-bond acceptors (Lipinski definition) is 2. The maximum absolute atomic E-state index is 12.1. The van der Waals surface area contributed by atoms with E-state index in [4.69, 9.17) is 5.73 Å². The molecule has 0 radical (unpaired) electrons. The summed E-state index contributed by atoms with van der Waals surface area (Å²) in [6.45, 7) is 3.52. The number of rotatable bonds is 5. The predicted octanol–water partition coefficient (Wildman–Crippen LogP) is 2.27. The van der Waals surface area contributed by atoms with Crippen molar-refractivity contribution in [1.29, 1.82) is 0 Å². The zero-order valence-corrected chi connectivity index (χ0v) is 12.3. The SMILES string of the molecule is CCCn1cc(Br)cc1C(=O)NCC1(N)CCC1. The van der Waals surface area contributed by atoms with Gasteiger partial charge in [-0.05, 0) is 47.7 Å². The number of carbonyl (C=O) groups excluding carboxylic acids is 1. The molecule has 0 bridgehead atoms. The highest BCUT2D eigenvalue weighted by Gasteiger charge is 2.32. The van der Waals surface area contributed by atoms with Crippen LogP contribution in [0.5, 0.6) is 0 Å². The van der Waals surface area contributed by atoms with Crippen molar-refractivity contribution in [3.8, 4) is 0 Å². The smallest absolute Gasteiger partial charge is 0.268 e. The minimum absolute atomic E-state index is 0.0362. The second-order valence-electron chi connectivity index (χ2n) is 5.14. The fourth-order valence-electron chi connectivity index (χ4n) is 2.25. The lowest BCUT2D eigenvalue weighted by Gasteiger charge is -2.38. The minimum atomic E-state index is -0.172. The van der Waals surface area contributed by atoms with Gasteiger partial charge in [0, 0.05) is 29.3 Å². The molecule has 0 spiro atoms. The van der Waals surface area contributed by atoms with Gasteiger partial charge in [-0.3, -0.25) is 4.79 Å². The van der Waals surface area contributed by atoms with E-state index in [9.17, 15) is 4.79 Å². The number of nitrogens with two attached hydrogens (primary N) is 1. The first-order chi connectivity index (χ1) is 8.54. The van der Waals surface area contributed by atoms with Gasteiger partial charge in [0.1, 0.15) is 5.69 Å². The van der Waals surface area contributed by atoms with E-state index < -0.39 is 0 Å². The molecular formula is C13H20BrN3O. The summed E-state index contributed by atoms with van der Waals surface area (Å²) in [5.74, 6) is -0.0362. The molecule has 18 heavy (non-hydrogen) atoms. The third-order valence-electron chi connectivity index (χ3n) is 3.51. The van der Waals surface area contributed by atoms with Gasteiger partial charge < -0.3 is 15.6 Å². The fourth-order valence-corrected chi connectivity index (χ4v) is 2.71. The molecule has 0 atom stereocenters. The number of carbonyl (C=O) groups is 1. The van der Waals surface area contributed by atoms with E-state index in [-0.39, 0.29) is 11.4 Å². The molecular weight excluding hydrogens is 294 g/mol. The summed E-state index contributed by atoms with van der Waals surface area (Å²) in [5.41, 5.74) is 6.63. The average Bonchev–Trinajstić information content (AvgIpc) is 2.65. The van der Waals surface area contributed by atoms with Crippen LogP contribution in [-0.4, -0.2) is 22.6 Å². The van der Waals surface area contributed by atoms with E-state index in [1.54, 1.807) is 0 Å². The number of nitrogens with one attached hydrogen (secondary N) is 1. The summed E-state index contributed by atoms with van der Waals surface area (Å²) < 4.78 is 2.91. The maximum atomic E-state index is 12.1. The normalized spacial score (nSPS) is 17.3. The van der Waals surface area contributed by atoms with Crippen LogP contribution in [0.15, 0.2) is 16.7 Å². The van der Waals surface area contributed by atoms with E-state index in [1.807, 2.05) is 16.8 Å². The number of hydrogen-bond donors (Lipinski definition) is 2. The van der Waals surface area contributed by atoms with Crippen LogP contribution in [0, 0.1) is 0 Å². The standard InChI is InChI=1S/C13H20BrN3O/c1-2-6-17-8-10(14)7-11(17)12(18)16-9-13(15)4-3-5-13/h7-8H,2-6,9,15H2,1H3,(H,16,18). The van der Waals surface area contributed by atoms with Crippen molar-refractivity contribution >= 4 is 21.8 Å². The average molecular weight is 314 g/mol. The Morgan fingerprint density at radius 1 is 1.61 bits per heavy atom. The van der Waals surface area contributed by atoms with Crippen molar-refractivity contribution in [2.45, 2.75) is 44.7 Å². The second-order valence-corrected chi connectivity index (χ2v) is 6.05. The van der Waals surface area contributed by atoms with Gasteiger partial charge >= 0.3 is 0 Å². The number of nitrogens with zero attached hydrogens (tertiary/aromatic N) is 1. The molecule has 2 rings (SSSR count). The van der Waals surface area contributed by atoms with Gasteiger partial charge in [0.05, 0.1) is 0 Å². The molecule has 4 nitrogen and oxygen atoms in total. The highest BCUT2D eigenvalue weighted by atomic mass is 79.9. The summed E-state index contributed by atoms with van der Waals surface area (Å²) in [7, 11) is 0. The van der Waals surface area contributed by atoms with Crippen LogP contribution in [0.4, 0.5) is 0 Å². The van der Waals surface area contributed by atoms with Crippen molar-refractivity contribution in [3.05, 3.63) is 22.4 Å². The summed E-state index contributed by atoms with van der Waals surface area (Å²) in [4.78, 5) is 12.1. The first-order valence-electron chi connectivity index (χ1n) is 6.47. The lowest BCUT2D eigenvalue weighted by molar-refractivity contribution is 0.0920. The molecule has 1 aliphatic carbocycles. The molecule has 1 aromatic heterocycles. The Kier molecular flexibility index (Phi) is 4.12. The van der Waals surface area contributed by atoms with Crippen LogP contribution >= 0.6 is 15.9 Å². The van der Waals surface area contributed by atoms with E-state index >= 15 is 0 Å². The molecule has 0 aliphatic heterocycles. The molecule has 0 unspecified atom stereocenters. The highest BCUT2D eigenvalue weighted by Crippen LogP contribution is 2.28. The number of halogens is 1. The van der Waals surface area contributed by atoms with Crippen molar-refractivity contribution in [3.63, 3.8) is 0 Å². The van der Waals surface area contributed by atoms with Crippen LogP contribution < -0.4 is 11.1 Å². The fraction of sp³-hybridized carbons (Fsp3) is 0.615. The largest absolute Gasteiger partial charge is 0.349 e. The van der Waals surface area contributed by atoms with Crippen LogP contribution in [0.2, 0.25) is 0 Å². The van der Waals surface area contributed by atoms with Crippen molar-refractivity contribution < 1.29 is 4.79 Å². The quantitative estimate of drug-likeness (QED) is 0.876. The molecule has 1 saturated carbocycles. The van der Waals surface area contributed by atoms with E-state index in [0.717, 1.165) is 30.3 Å². The van der Waals surface area contributed by atoms with E-state index in [0.29, 0.717) is 12.2 Å². The highest BCUT2D eigenvalue weighted by molar-refractivity contribution is 9.10. The van der Waals surface area contributed by atoms with Crippen LogP contribution in [0.3, 0.4) is 0 Å². The molecule has 1 aliphatic rings. The molecule has 0 aromatic carbocycles. The lowest BCUT2D eigenvalue weighted by atomic mass is 9.78. The van der Waals surface area contributed by atoms with Crippen molar-refractivity contribution in [1.82, 2.24) is 9.88 Å². The van der Waals surface area contributed by atoms with Gasteiger partial charge in [0.2, 0.25) is 0 Å². The Morgan fingerprint density at radius 3 is 2.89 bits per heavy atom. The van der Waals surface area contributed by atoms with Gasteiger partial charge in [-0.1, -0.05) is 6.92 Å². The van der Waals surface area contributed by atoms with Crippen molar-refractivity contribution in [2.24, 2.45) is 5.73 Å². The second kappa shape index (κ2) is 5.45. The van der Waals surface area contributed by atoms with E-state index in [2.05, 4.69) is 28.2 Å². The zero-order chi connectivity index (χ0) is 13.2. The third kappa shape index (κ3) is 2.95. The molecule has 1 aromatic rings. The van der Waals surface area contributed by atoms with Crippen LogP contribution in [0.1, 0.15) is 43.1 Å². The Labute approximate surface area is 116 Å². The lowest BCUT2D eigenvalue weighted by Crippen LogP contribution is -2.55. The molecule has 5 heteroatoms. The topological polar surface area (TPSA) is 60.0 Å². The van der Waals surface area contributed by atoms with Gasteiger partial charge in [0.25, 0.3) is 5.91 Å². The Balaban J connectivity index is 1.99. The number of aromatic nitrogens is 1. The van der Waals surface area contributed by atoms with Crippen LogP contribution in [0.25, 0.3) is 0 Å². The predicted molar refractivity (Wildman–Crippen MR) is 75.5 cm³/mol. The van der Waals surface area contributed by atoms with Gasteiger partial charge in [-0.25, -0.2) is 0 Å². The summed E-state index contributed by atoms with van der Waals surface area (Å²) in [5, 5.41) is 2.95. The Morgan fingerprint density at radius 2 is 2.33 bits per heavy atom. The summed E-state index contributed by atoms with van der Waals surface area (Å²) in [6, 6.07) is 1.86. The Bertz CT molecular complexity index is 437.